The van der Waals surface area contributed by atoms with Gasteiger partial charge < -0.3 is 5.61 Å². The first kappa shape index (κ1) is 31.6. The topological polar surface area (TPSA) is 60.4 Å². The summed E-state index contributed by atoms with van der Waals surface area (Å²) in [7, 11) is -3.67. The Morgan fingerprint density at radius 2 is 0.966 bits per heavy atom. The number of unbranched alkanes of at least 4 members (excludes halogenated alkanes) is 16. The molecule has 0 rings (SSSR count). The van der Waals surface area contributed by atoms with Gasteiger partial charge in [-0.1, -0.05) is 117 Å². The molecule has 0 atom stereocenters. The minimum atomic E-state index is -3.67. The number of hydrogen-bond donors (Lipinski definition) is 0. The molecule has 0 spiro atoms. The van der Waals surface area contributed by atoms with Crippen molar-refractivity contribution in [1.29, 1.82) is 0 Å². The van der Waals surface area contributed by atoms with Crippen LogP contribution in [0.3, 0.4) is 0 Å². The summed E-state index contributed by atoms with van der Waals surface area (Å²) in [6.07, 6.45) is 21.6. The molecule has 0 radical (unpaired) electrons. The van der Waals surface area contributed by atoms with E-state index in [1.165, 1.54) is 77.0 Å². The third kappa shape index (κ3) is 24.6. The van der Waals surface area contributed by atoms with Crippen molar-refractivity contribution in [1.82, 2.24) is 0 Å². The Balaban J connectivity index is -0.00000364. The molecular formula is C23H47NaO4S. The SMILES string of the molecule is CCCCCCCCCCCCCCCCCC(=O)OS(=O)(=O)CCCCC.[H-].[Na+]. The molecule has 0 aromatic carbocycles. The van der Waals surface area contributed by atoms with Crippen LogP contribution in [0.2, 0.25) is 0 Å². The van der Waals surface area contributed by atoms with Crippen LogP contribution in [0.1, 0.15) is 137 Å². The maximum Gasteiger partial charge on any atom is 1.00 e. The largest absolute Gasteiger partial charge is 1.00 e. The van der Waals surface area contributed by atoms with Crippen LogP contribution < -0.4 is 29.6 Å². The van der Waals surface area contributed by atoms with Crippen LogP contribution in [-0.2, 0) is 19.1 Å². The molecule has 0 fully saturated rings. The van der Waals surface area contributed by atoms with E-state index in [4.69, 9.17) is 0 Å². The van der Waals surface area contributed by atoms with Gasteiger partial charge in [-0.2, -0.15) is 8.42 Å². The molecule has 0 aromatic rings. The molecule has 0 aromatic heterocycles. The van der Waals surface area contributed by atoms with Gasteiger partial charge in [-0.25, -0.2) is 0 Å². The Morgan fingerprint density at radius 3 is 1.38 bits per heavy atom. The Kier molecular flexibility index (Phi) is 25.2. The predicted octanol–water partition coefficient (Wildman–Crippen LogP) is 4.43. The molecule has 0 aliphatic rings. The van der Waals surface area contributed by atoms with Crippen LogP contribution in [0.5, 0.6) is 0 Å². The molecule has 0 heterocycles. The van der Waals surface area contributed by atoms with E-state index >= 15 is 0 Å². The average molecular weight is 443 g/mol. The van der Waals surface area contributed by atoms with Crippen molar-refractivity contribution in [3.05, 3.63) is 0 Å². The van der Waals surface area contributed by atoms with E-state index in [-0.39, 0.29) is 43.2 Å². The molecule has 0 bridgehead atoms. The quantitative estimate of drug-likeness (QED) is 0.150. The van der Waals surface area contributed by atoms with Crippen LogP contribution in [0.4, 0.5) is 0 Å². The van der Waals surface area contributed by atoms with Gasteiger partial charge in [-0.15, -0.1) is 0 Å². The van der Waals surface area contributed by atoms with Gasteiger partial charge in [-0.3, -0.25) is 4.79 Å². The Bertz CT molecular complexity index is 458. The van der Waals surface area contributed by atoms with Gasteiger partial charge in [0.05, 0.1) is 5.75 Å². The minimum absolute atomic E-state index is 0. The summed E-state index contributed by atoms with van der Waals surface area (Å²) in [5, 5.41) is 0. The second-order valence-corrected chi connectivity index (χ2v) is 9.81. The van der Waals surface area contributed by atoms with Crippen molar-refractivity contribution in [3.8, 4) is 0 Å². The molecule has 0 saturated carbocycles. The van der Waals surface area contributed by atoms with E-state index in [2.05, 4.69) is 11.1 Å². The standard InChI is InChI=1S/C23H46O4S.Na.H/c1-3-5-7-8-9-10-11-12-13-14-15-16-17-18-19-21-23(24)27-28(25,26)22-20-6-4-2;;/h3-22H2,1-2H3;;/q;+1;-1. The van der Waals surface area contributed by atoms with E-state index in [0.717, 1.165) is 32.1 Å². The molecule has 0 N–H and O–H groups in total. The van der Waals surface area contributed by atoms with E-state index < -0.39 is 16.1 Å². The monoisotopic (exact) mass is 442 g/mol. The van der Waals surface area contributed by atoms with Crippen LogP contribution >= 0.6 is 0 Å². The summed E-state index contributed by atoms with van der Waals surface area (Å²) in [6.45, 7) is 4.27. The zero-order chi connectivity index (χ0) is 20.9. The molecule has 0 aliphatic carbocycles. The second-order valence-electron chi connectivity index (χ2n) is 8.12. The third-order valence-electron chi connectivity index (χ3n) is 5.20. The first-order valence-corrected chi connectivity index (χ1v) is 13.5. The molecule has 29 heavy (non-hydrogen) atoms. The summed E-state index contributed by atoms with van der Waals surface area (Å²) < 4.78 is 27.9. The first-order chi connectivity index (χ1) is 13.5. The number of carbonyl (C=O) groups is 1. The fraction of sp³-hybridized carbons (Fsp3) is 0.957. The third-order valence-corrected chi connectivity index (χ3v) is 6.43. The fourth-order valence-electron chi connectivity index (χ4n) is 3.39. The maximum atomic E-state index is 11.6. The van der Waals surface area contributed by atoms with Crippen molar-refractivity contribution in [2.45, 2.75) is 136 Å². The normalized spacial score (nSPS) is 11.2. The van der Waals surface area contributed by atoms with Crippen molar-refractivity contribution in [3.63, 3.8) is 0 Å². The van der Waals surface area contributed by atoms with Crippen LogP contribution in [0, 0.1) is 0 Å². The summed E-state index contributed by atoms with van der Waals surface area (Å²) >= 11 is 0. The van der Waals surface area contributed by atoms with Gasteiger partial charge in [0.25, 0.3) is 0 Å². The molecule has 0 unspecified atom stereocenters. The van der Waals surface area contributed by atoms with Gasteiger partial charge in [-0.05, 0) is 12.8 Å². The summed E-state index contributed by atoms with van der Waals surface area (Å²) in [5.41, 5.74) is 0. The van der Waals surface area contributed by atoms with E-state index in [9.17, 15) is 13.2 Å². The van der Waals surface area contributed by atoms with Crippen LogP contribution in [0.15, 0.2) is 0 Å². The Labute approximate surface area is 205 Å². The Morgan fingerprint density at radius 1 is 0.621 bits per heavy atom. The average Bonchev–Trinajstić information content (AvgIpc) is 2.64. The van der Waals surface area contributed by atoms with Crippen LogP contribution in [-0.4, -0.2) is 20.1 Å². The van der Waals surface area contributed by atoms with Gasteiger partial charge in [0, 0.05) is 6.42 Å². The smallest absolute Gasteiger partial charge is 1.00 e. The molecule has 0 aliphatic heterocycles. The fourth-order valence-corrected chi connectivity index (χ4v) is 4.40. The molecule has 0 saturated heterocycles. The number of rotatable bonds is 21. The summed E-state index contributed by atoms with van der Waals surface area (Å²) in [5.74, 6) is -0.642. The Hall–Kier alpha value is 0.420. The van der Waals surface area contributed by atoms with Crippen molar-refractivity contribution in [2.75, 3.05) is 5.75 Å². The van der Waals surface area contributed by atoms with Crippen molar-refractivity contribution in [2.24, 2.45) is 0 Å². The predicted molar refractivity (Wildman–Crippen MR) is 120 cm³/mol. The molecular weight excluding hydrogens is 395 g/mol. The molecule has 6 heteroatoms. The van der Waals surface area contributed by atoms with Gasteiger partial charge in [0.15, 0.2) is 0 Å². The molecule has 0 amide bonds. The zero-order valence-corrected chi connectivity index (χ0v) is 22.5. The van der Waals surface area contributed by atoms with Gasteiger partial charge in [0.2, 0.25) is 0 Å². The summed E-state index contributed by atoms with van der Waals surface area (Å²) in [6, 6.07) is 0. The van der Waals surface area contributed by atoms with E-state index in [1.54, 1.807) is 0 Å². The van der Waals surface area contributed by atoms with E-state index in [1.807, 2.05) is 6.92 Å². The second kappa shape index (κ2) is 23.1. The van der Waals surface area contributed by atoms with Crippen molar-refractivity contribution < 1.29 is 48.4 Å². The minimum Gasteiger partial charge on any atom is -1.00 e. The molecule has 170 valence electrons. The van der Waals surface area contributed by atoms with Gasteiger partial charge in [0.1, 0.15) is 0 Å². The number of carbonyl (C=O) groups excluding carboxylic acids is 1. The maximum absolute atomic E-state index is 11.6. The molecule has 4 nitrogen and oxygen atoms in total. The zero-order valence-electron chi connectivity index (χ0n) is 20.7. The van der Waals surface area contributed by atoms with E-state index in [0.29, 0.717) is 6.42 Å². The summed E-state index contributed by atoms with van der Waals surface area (Å²) in [4.78, 5) is 11.6. The first-order valence-electron chi connectivity index (χ1n) is 12.0. The van der Waals surface area contributed by atoms with Crippen molar-refractivity contribution >= 4 is 16.1 Å². The van der Waals surface area contributed by atoms with Gasteiger partial charge >= 0.3 is 45.6 Å². The van der Waals surface area contributed by atoms with Crippen LogP contribution in [0.25, 0.3) is 0 Å². The number of hydrogen-bond acceptors (Lipinski definition) is 4.